The van der Waals surface area contributed by atoms with E-state index in [1.165, 1.54) is 6.08 Å². The predicted octanol–water partition coefficient (Wildman–Crippen LogP) is 4.64. The Hall–Kier alpha value is -2.73. The van der Waals surface area contributed by atoms with Crippen LogP contribution in [0, 0.1) is 14.9 Å². The molecule has 0 aliphatic rings. The second kappa shape index (κ2) is 10.6. The highest BCUT2D eigenvalue weighted by molar-refractivity contribution is 14.1. The van der Waals surface area contributed by atoms with Gasteiger partial charge in [-0.3, -0.25) is 4.79 Å². The number of nitriles is 1. The molecule has 0 heterocycles. The molecule has 2 rings (SSSR count). The van der Waals surface area contributed by atoms with Gasteiger partial charge in [0.25, 0.3) is 5.91 Å². The number of benzene rings is 2. The van der Waals surface area contributed by atoms with E-state index < -0.39 is 5.91 Å². The van der Waals surface area contributed by atoms with E-state index in [4.69, 9.17) is 14.2 Å². The molecule has 0 aromatic heterocycles. The van der Waals surface area contributed by atoms with Crippen molar-refractivity contribution in [3.63, 3.8) is 0 Å². The molecule has 0 radical (unpaired) electrons. The molecule has 0 saturated heterocycles. The first-order valence-corrected chi connectivity index (χ1v) is 9.76. The predicted molar refractivity (Wildman–Crippen MR) is 117 cm³/mol. The maximum atomic E-state index is 12.5. The minimum absolute atomic E-state index is 0.0229. The topological polar surface area (TPSA) is 80.6 Å². The summed E-state index contributed by atoms with van der Waals surface area (Å²) in [7, 11) is 1.55. The lowest BCUT2D eigenvalue weighted by molar-refractivity contribution is -0.112. The van der Waals surface area contributed by atoms with Crippen molar-refractivity contribution in [1.29, 1.82) is 5.26 Å². The Morgan fingerprint density at radius 3 is 2.61 bits per heavy atom. The molecule has 6 nitrogen and oxygen atoms in total. The van der Waals surface area contributed by atoms with E-state index in [0.717, 1.165) is 3.57 Å². The molecule has 0 unspecified atom stereocenters. The van der Waals surface area contributed by atoms with Gasteiger partial charge in [-0.1, -0.05) is 6.07 Å². The van der Waals surface area contributed by atoms with E-state index in [2.05, 4.69) is 27.9 Å². The molecule has 0 aliphatic carbocycles. The molecule has 2 aromatic carbocycles. The molecular weight excluding hydrogens is 471 g/mol. The number of carbonyl (C=O) groups excluding carboxylic acids is 1. The number of anilines is 1. The van der Waals surface area contributed by atoms with Gasteiger partial charge in [0.2, 0.25) is 0 Å². The third-order valence-corrected chi connectivity index (χ3v) is 4.43. The second-order valence-corrected chi connectivity index (χ2v) is 6.71. The molecule has 0 aliphatic heterocycles. The van der Waals surface area contributed by atoms with Crippen LogP contribution in [0.2, 0.25) is 0 Å². The van der Waals surface area contributed by atoms with Crippen LogP contribution in [0.15, 0.2) is 42.0 Å². The summed E-state index contributed by atoms with van der Waals surface area (Å²) in [4.78, 5) is 12.5. The molecule has 0 saturated carbocycles. The summed E-state index contributed by atoms with van der Waals surface area (Å²) in [5.74, 6) is 1.34. The zero-order valence-corrected chi connectivity index (χ0v) is 18.1. The zero-order chi connectivity index (χ0) is 20.5. The van der Waals surface area contributed by atoms with Crippen molar-refractivity contribution in [2.45, 2.75) is 13.8 Å². The third-order valence-electron chi connectivity index (χ3n) is 3.62. The Balaban J connectivity index is 2.32. The molecule has 0 bridgehead atoms. The van der Waals surface area contributed by atoms with E-state index in [9.17, 15) is 10.1 Å². The summed E-state index contributed by atoms with van der Waals surface area (Å²) < 4.78 is 17.3. The summed E-state index contributed by atoms with van der Waals surface area (Å²) in [6.45, 7) is 4.77. The highest BCUT2D eigenvalue weighted by Crippen LogP contribution is 2.35. The highest BCUT2D eigenvalue weighted by atomic mass is 127. The van der Waals surface area contributed by atoms with Crippen molar-refractivity contribution in [2.24, 2.45) is 0 Å². The normalized spacial score (nSPS) is 10.8. The molecule has 0 atom stereocenters. The minimum Gasteiger partial charge on any atom is -0.497 e. The molecule has 1 N–H and O–H groups in total. The lowest BCUT2D eigenvalue weighted by Gasteiger charge is -2.13. The lowest BCUT2D eigenvalue weighted by Crippen LogP contribution is -2.13. The number of rotatable bonds is 8. The fraction of sp³-hybridized carbons (Fsp3) is 0.238. The lowest BCUT2D eigenvalue weighted by atomic mass is 10.1. The summed E-state index contributed by atoms with van der Waals surface area (Å²) in [6, 6.07) is 12.5. The van der Waals surface area contributed by atoms with Crippen LogP contribution in [0.4, 0.5) is 5.69 Å². The first-order chi connectivity index (χ1) is 13.5. The quantitative estimate of drug-likeness (QED) is 0.330. The standard InChI is InChI=1S/C21H21IN2O4/c1-4-27-19-11-14(10-18(22)20(19)28-5-2)9-15(13-23)21(25)24-16-7-6-8-17(12-16)26-3/h6-12H,4-5H2,1-3H3,(H,24,25)/b15-9+. The van der Waals surface area contributed by atoms with Gasteiger partial charge in [-0.05, 0) is 72.3 Å². The van der Waals surface area contributed by atoms with Gasteiger partial charge in [0, 0.05) is 11.8 Å². The first-order valence-electron chi connectivity index (χ1n) is 8.68. The van der Waals surface area contributed by atoms with Gasteiger partial charge in [-0.2, -0.15) is 5.26 Å². The Kier molecular flexibility index (Phi) is 8.14. The second-order valence-electron chi connectivity index (χ2n) is 5.55. The van der Waals surface area contributed by atoms with E-state index in [1.807, 2.05) is 26.0 Å². The SMILES string of the molecule is CCOc1cc(/C=C(\C#N)C(=O)Nc2cccc(OC)c2)cc(I)c1OCC. The van der Waals surface area contributed by atoms with Crippen LogP contribution in [0.1, 0.15) is 19.4 Å². The number of ether oxygens (including phenoxy) is 3. The van der Waals surface area contributed by atoms with Crippen LogP contribution >= 0.6 is 22.6 Å². The Labute approximate surface area is 178 Å². The summed E-state index contributed by atoms with van der Waals surface area (Å²) in [5, 5.41) is 12.2. The number of hydrogen-bond acceptors (Lipinski definition) is 5. The number of methoxy groups -OCH3 is 1. The first kappa shape index (κ1) is 21.6. The van der Waals surface area contributed by atoms with Crippen molar-refractivity contribution in [1.82, 2.24) is 0 Å². The Morgan fingerprint density at radius 2 is 1.96 bits per heavy atom. The fourth-order valence-corrected chi connectivity index (χ4v) is 3.21. The van der Waals surface area contributed by atoms with E-state index in [-0.39, 0.29) is 5.57 Å². The Bertz CT molecular complexity index is 919. The zero-order valence-electron chi connectivity index (χ0n) is 15.9. The van der Waals surface area contributed by atoms with Crippen molar-refractivity contribution in [3.05, 3.63) is 51.1 Å². The van der Waals surface area contributed by atoms with Gasteiger partial charge in [-0.25, -0.2) is 0 Å². The number of halogens is 1. The van der Waals surface area contributed by atoms with Gasteiger partial charge < -0.3 is 19.5 Å². The molecule has 2 aromatic rings. The van der Waals surface area contributed by atoms with Crippen molar-refractivity contribution in [2.75, 3.05) is 25.6 Å². The maximum Gasteiger partial charge on any atom is 0.266 e. The van der Waals surface area contributed by atoms with E-state index >= 15 is 0 Å². The minimum atomic E-state index is -0.502. The third kappa shape index (κ3) is 5.63. The smallest absolute Gasteiger partial charge is 0.266 e. The average molecular weight is 492 g/mol. The number of amides is 1. The summed E-state index contributed by atoms with van der Waals surface area (Å²) in [6.07, 6.45) is 1.52. The largest absolute Gasteiger partial charge is 0.497 e. The molecule has 7 heteroatoms. The van der Waals surface area contributed by atoms with Crippen molar-refractivity contribution >= 4 is 40.3 Å². The summed E-state index contributed by atoms with van der Waals surface area (Å²) in [5.41, 5.74) is 1.20. The van der Waals surface area contributed by atoms with Crippen molar-refractivity contribution in [3.8, 4) is 23.3 Å². The maximum absolute atomic E-state index is 12.5. The van der Waals surface area contributed by atoms with Gasteiger partial charge in [0.05, 0.1) is 23.9 Å². The molecule has 1 amide bonds. The molecule has 28 heavy (non-hydrogen) atoms. The van der Waals surface area contributed by atoms with Crippen LogP contribution in [0.25, 0.3) is 6.08 Å². The van der Waals surface area contributed by atoms with E-state index in [1.54, 1.807) is 37.4 Å². The van der Waals surface area contributed by atoms with Crippen LogP contribution in [0.3, 0.4) is 0 Å². The number of nitrogens with one attached hydrogen (secondary N) is 1. The van der Waals surface area contributed by atoms with E-state index in [0.29, 0.717) is 41.7 Å². The van der Waals surface area contributed by atoms with Crippen LogP contribution in [0.5, 0.6) is 17.2 Å². The van der Waals surface area contributed by atoms with Crippen molar-refractivity contribution < 1.29 is 19.0 Å². The number of carbonyl (C=O) groups is 1. The van der Waals surface area contributed by atoms with Crippen LogP contribution < -0.4 is 19.5 Å². The van der Waals surface area contributed by atoms with Gasteiger partial charge >= 0.3 is 0 Å². The average Bonchev–Trinajstić information content (AvgIpc) is 2.69. The van der Waals surface area contributed by atoms with Gasteiger partial charge in [0.15, 0.2) is 11.5 Å². The molecule has 146 valence electrons. The molecular formula is C21H21IN2O4. The molecule has 0 fully saturated rings. The van der Waals surface area contributed by atoms with Crippen LogP contribution in [-0.4, -0.2) is 26.2 Å². The summed E-state index contributed by atoms with van der Waals surface area (Å²) >= 11 is 2.15. The number of hydrogen-bond donors (Lipinski definition) is 1. The highest BCUT2D eigenvalue weighted by Gasteiger charge is 2.14. The van der Waals surface area contributed by atoms with Gasteiger partial charge in [0.1, 0.15) is 17.4 Å². The number of nitrogens with zero attached hydrogens (tertiary/aromatic N) is 1. The monoisotopic (exact) mass is 492 g/mol. The fourth-order valence-electron chi connectivity index (χ4n) is 2.43. The molecule has 0 spiro atoms. The van der Waals surface area contributed by atoms with Gasteiger partial charge in [-0.15, -0.1) is 0 Å². The Morgan fingerprint density at radius 1 is 1.21 bits per heavy atom. The van der Waals surface area contributed by atoms with Crippen LogP contribution in [-0.2, 0) is 4.79 Å².